The first kappa shape index (κ1) is 23.1. The molecule has 1 aliphatic heterocycles. The number of aromatic nitrogens is 3. The number of nitrogens with one attached hydrogen (secondary N) is 1. The number of nitrogens with zero attached hydrogens (tertiary/aromatic N) is 4. The molecule has 0 aliphatic carbocycles. The molecule has 1 N–H and O–H groups in total. The van der Waals surface area contributed by atoms with E-state index in [1.54, 1.807) is 17.0 Å². The standard InChI is InChI=1S/C24H29N5O3S/c1-6-15-16(7-2)26-19-12-14(8-9-17(19)25-15)21(30)28-22-27-18-10-11-29(13-20(18)33-22)23(31)32-24(3,4)5/h8-9,12H,6-7,10-11,13H2,1-5H3,(H,27,28,30). The van der Waals surface area contributed by atoms with Crippen LogP contribution in [0.25, 0.3) is 11.0 Å². The van der Waals surface area contributed by atoms with E-state index in [-0.39, 0.29) is 12.0 Å². The molecule has 2 amide bonds. The minimum absolute atomic E-state index is 0.244. The predicted molar refractivity (Wildman–Crippen MR) is 129 cm³/mol. The van der Waals surface area contributed by atoms with Crippen LogP contribution in [0.2, 0.25) is 0 Å². The third-order valence-corrected chi connectivity index (χ3v) is 6.35. The van der Waals surface area contributed by atoms with E-state index in [0.29, 0.717) is 35.7 Å². The van der Waals surface area contributed by atoms with E-state index in [9.17, 15) is 9.59 Å². The topological polar surface area (TPSA) is 97.3 Å². The second-order valence-corrected chi connectivity index (χ2v) is 10.1. The number of hydrogen-bond acceptors (Lipinski definition) is 7. The molecule has 0 radical (unpaired) electrons. The number of thiazole rings is 1. The predicted octanol–water partition coefficient (Wildman–Crippen LogP) is 4.76. The molecule has 9 heteroatoms. The molecule has 4 rings (SSSR count). The maximum absolute atomic E-state index is 12.9. The first-order valence-electron chi connectivity index (χ1n) is 11.2. The SMILES string of the molecule is CCc1nc2ccc(C(=O)Nc3nc4c(s3)CN(C(=O)OC(C)(C)C)CC4)cc2nc1CC. The monoisotopic (exact) mass is 467 g/mol. The molecule has 3 aromatic rings. The molecule has 174 valence electrons. The summed E-state index contributed by atoms with van der Waals surface area (Å²) in [4.78, 5) is 41.9. The van der Waals surface area contributed by atoms with Crippen molar-refractivity contribution in [2.75, 3.05) is 11.9 Å². The normalized spacial score (nSPS) is 13.7. The van der Waals surface area contributed by atoms with Gasteiger partial charge in [-0.25, -0.2) is 19.7 Å². The molecule has 3 heterocycles. The lowest BCUT2D eigenvalue weighted by atomic mass is 10.1. The minimum atomic E-state index is -0.537. The number of aryl methyl sites for hydroxylation is 2. The third kappa shape index (κ3) is 5.13. The molecule has 0 fully saturated rings. The van der Waals surface area contributed by atoms with Gasteiger partial charge in [0.15, 0.2) is 5.13 Å². The average molecular weight is 468 g/mol. The molecule has 33 heavy (non-hydrogen) atoms. The van der Waals surface area contributed by atoms with Crippen LogP contribution in [0, 0.1) is 0 Å². The minimum Gasteiger partial charge on any atom is -0.444 e. The van der Waals surface area contributed by atoms with Gasteiger partial charge in [0.05, 0.1) is 34.7 Å². The lowest BCUT2D eigenvalue weighted by Crippen LogP contribution is -2.39. The van der Waals surface area contributed by atoms with Crippen LogP contribution >= 0.6 is 11.3 Å². The van der Waals surface area contributed by atoms with Crippen molar-refractivity contribution in [3.05, 3.63) is 45.7 Å². The van der Waals surface area contributed by atoms with E-state index in [1.165, 1.54) is 11.3 Å². The van der Waals surface area contributed by atoms with Crippen LogP contribution in [-0.4, -0.2) is 44.0 Å². The molecule has 8 nitrogen and oxygen atoms in total. The molecule has 1 aliphatic rings. The second-order valence-electron chi connectivity index (χ2n) is 9.02. The number of carbonyl (C=O) groups is 2. The van der Waals surface area contributed by atoms with Crippen LogP contribution in [-0.2, 0) is 30.5 Å². The number of ether oxygens (including phenoxy) is 1. The largest absolute Gasteiger partial charge is 0.444 e. The van der Waals surface area contributed by atoms with Crippen molar-refractivity contribution < 1.29 is 14.3 Å². The van der Waals surface area contributed by atoms with Crippen LogP contribution in [0.1, 0.15) is 66.9 Å². The van der Waals surface area contributed by atoms with Crippen molar-refractivity contribution in [2.24, 2.45) is 0 Å². The summed E-state index contributed by atoms with van der Waals surface area (Å²) >= 11 is 1.39. The van der Waals surface area contributed by atoms with Crippen molar-refractivity contribution >= 4 is 39.5 Å². The van der Waals surface area contributed by atoms with Crippen molar-refractivity contribution in [1.29, 1.82) is 0 Å². The molecule has 0 bridgehead atoms. The fourth-order valence-corrected chi connectivity index (χ4v) is 4.75. The molecule has 0 atom stereocenters. The summed E-state index contributed by atoms with van der Waals surface area (Å²) < 4.78 is 5.48. The van der Waals surface area contributed by atoms with Gasteiger partial charge in [-0.1, -0.05) is 25.2 Å². The number of hydrogen-bond donors (Lipinski definition) is 1. The van der Waals surface area contributed by atoms with Crippen LogP contribution in [0.5, 0.6) is 0 Å². The van der Waals surface area contributed by atoms with Gasteiger partial charge in [-0.2, -0.15) is 0 Å². The Morgan fingerprint density at radius 2 is 1.79 bits per heavy atom. The zero-order valence-electron chi connectivity index (χ0n) is 19.7. The zero-order chi connectivity index (χ0) is 23.8. The number of carbonyl (C=O) groups excluding carboxylic acids is 2. The van der Waals surface area contributed by atoms with Crippen molar-refractivity contribution in [2.45, 2.75) is 66.0 Å². The Morgan fingerprint density at radius 3 is 2.45 bits per heavy atom. The van der Waals surface area contributed by atoms with Gasteiger partial charge >= 0.3 is 6.09 Å². The number of rotatable bonds is 4. The smallest absolute Gasteiger partial charge is 0.410 e. The van der Waals surface area contributed by atoms with Crippen LogP contribution in [0.15, 0.2) is 18.2 Å². The summed E-state index contributed by atoms with van der Waals surface area (Å²) in [6.07, 6.45) is 1.93. The Morgan fingerprint density at radius 1 is 1.09 bits per heavy atom. The highest BCUT2D eigenvalue weighted by atomic mass is 32.1. The molecular weight excluding hydrogens is 438 g/mol. The fraction of sp³-hybridized carbons (Fsp3) is 0.458. The molecule has 2 aromatic heterocycles. The van der Waals surface area contributed by atoms with E-state index in [2.05, 4.69) is 29.1 Å². The maximum Gasteiger partial charge on any atom is 0.410 e. The Kier molecular flexibility index (Phi) is 6.34. The van der Waals surface area contributed by atoms with E-state index in [1.807, 2.05) is 26.8 Å². The van der Waals surface area contributed by atoms with Gasteiger partial charge < -0.3 is 9.64 Å². The van der Waals surface area contributed by atoms with Crippen LogP contribution in [0.4, 0.5) is 9.93 Å². The average Bonchev–Trinajstić information content (AvgIpc) is 3.17. The first-order chi connectivity index (χ1) is 15.7. The van der Waals surface area contributed by atoms with E-state index < -0.39 is 5.60 Å². The summed E-state index contributed by atoms with van der Waals surface area (Å²) in [6.45, 7) is 10.7. The lowest BCUT2D eigenvalue weighted by molar-refractivity contribution is 0.0225. The van der Waals surface area contributed by atoms with Gasteiger partial charge in [-0.15, -0.1) is 0 Å². The van der Waals surface area contributed by atoms with Crippen molar-refractivity contribution in [3.8, 4) is 0 Å². The van der Waals surface area contributed by atoms with E-state index >= 15 is 0 Å². The fourth-order valence-electron chi connectivity index (χ4n) is 3.74. The van der Waals surface area contributed by atoms with Gasteiger partial charge in [0, 0.05) is 23.4 Å². The summed E-state index contributed by atoms with van der Waals surface area (Å²) in [5, 5.41) is 3.42. The van der Waals surface area contributed by atoms with Gasteiger partial charge in [0.2, 0.25) is 0 Å². The van der Waals surface area contributed by atoms with E-state index in [4.69, 9.17) is 9.72 Å². The highest BCUT2D eigenvalue weighted by Gasteiger charge is 2.28. The van der Waals surface area contributed by atoms with Gasteiger partial charge in [0.1, 0.15) is 5.60 Å². The first-order valence-corrected chi connectivity index (χ1v) is 12.1. The number of anilines is 1. The quantitative estimate of drug-likeness (QED) is 0.594. The summed E-state index contributed by atoms with van der Waals surface area (Å²) in [6, 6.07) is 5.37. The summed E-state index contributed by atoms with van der Waals surface area (Å²) in [5.41, 5.74) is 4.34. The number of fused-ring (bicyclic) bond motifs is 2. The highest BCUT2D eigenvalue weighted by Crippen LogP contribution is 2.29. The lowest BCUT2D eigenvalue weighted by Gasteiger charge is -2.29. The molecule has 1 aromatic carbocycles. The van der Waals surface area contributed by atoms with Gasteiger partial charge in [-0.3, -0.25) is 10.1 Å². The van der Waals surface area contributed by atoms with Crippen LogP contribution in [0.3, 0.4) is 0 Å². The molecule has 0 unspecified atom stereocenters. The van der Waals surface area contributed by atoms with E-state index in [0.717, 1.165) is 40.3 Å². The highest BCUT2D eigenvalue weighted by molar-refractivity contribution is 7.15. The van der Waals surface area contributed by atoms with Crippen molar-refractivity contribution in [1.82, 2.24) is 19.9 Å². The second kappa shape index (κ2) is 9.05. The molecule has 0 saturated heterocycles. The number of benzene rings is 1. The maximum atomic E-state index is 12.9. The van der Waals surface area contributed by atoms with Crippen molar-refractivity contribution in [3.63, 3.8) is 0 Å². The summed E-state index contributed by atoms with van der Waals surface area (Å²) in [7, 11) is 0. The third-order valence-electron chi connectivity index (χ3n) is 5.35. The Labute approximate surface area is 197 Å². The molecule has 0 spiro atoms. The zero-order valence-corrected chi connectivity index (χ0v) is 20.5. The Bertz CT molecular complexity index is 1210. The Balaban J connectivity index is 1.49. The number of amides is 2. The van der Waals surface area contributed by atoms with Gasteiger partial charge in [0.25, 0.3) is 5.91 Å². The molecular formula is C24H29N5O3S. The molecule has 0 saturated carbocycles. The Hall–Kier alpha value is -3.07. The van der Waals surface area contributed by atoms with Gasteiger partial charge in [-0.05, 0) is 51.8 Å². The van der Waals surface area contributed by atoms with Crippen LogP contribution < -0.4 is 5.32 Å². The summed E-state index contributed by atoms with van der Waals surface area (Å²) in [5.74, 6) is -0.244.